The minimum atomic E-state index is 0.175. The molecule has 0 atom stereocenters. The summed E-state index contributed by atoms with van der Waals surface area (Å²) in [5, 5.41) is 5.10. The van der Waals surface area contributed by atoms with Gasteiger partial charge in [-0.2, -0.15) is 0 Å². The first-order valence-corrected chi connectivity index (χ1v) is 9.57. The van der Waals surface area contributed by atoms with Crippen molar-refractivity contribution in [2.75, 3.05) is 26.2 Å². The molecule has 1 aromatic carbocycles. The van der Waals surface area contributed by atoms with E-state index < -0.39 is 0 Å². The van der Waals surface area contributed by atoms with Crippen molar-refractivity contribution >= 4 is 16.9 Å². The van der Waals surface area contributed by atoms with E-state index in [2.05, 4.69) is 16.1 Å². The van der Waals surface area contributed by atoms with Crippen LogP contribution in [0.3, 0.4) is 0 Å². The molecule has 2 aliphatic rings. The summed E-state index contributed by atoms with van der Waals surface area (Å²) in [5.41, 5.74) is 2.69. The molecular weight excluding hydrogens is 314 g/mol. The van der Waals surface area contributed by atoms with E-state index in [4.69, 9.17) is 4.52 Å². The van der Waals surface area contributed by atoms with E-state index >= 15 is 0 Å². The van der Waals surface area contributed by atoms with E-state index in [0.29, 0.717) is 12.5 Å². The summed E-state index contributed by atoms with van der Waals surface area (Å²) in [6.45, 7) is 6.26. The highest BCUT2D eigenvalue weighted by Crippen LogP contribution is 2.23. The number of hydrogen-bond acceptors (Lipinski definition) is 4. The first kappa shape index (κ1) is 16.6. The van der Waals surface area contributed by atoms with Gasteiger partial charge in [-0.25, -0.2) is 0 Å². The summed E-state index contributed by atoms with van der Waals surface area (Å²) < 4.78 is 5.36. The quantitative estimate of drug-likeness (QED) is 0.860. The van der Waals surface area contributed by atoms with E-state index in [1.165, 1.54) is 32.4 Å². The van der Waals surface area contributed by atoms with Gasteiger partial charge < -0.3 is 14.3 Å². The fourth-order valence-corrected chi connectivity index (χ4v) is 4.25. The number of hydrogen-bond donors (Lipinski definition) is 0. The first-order valence-electron chi connectivity index (χ1n) is 9.57. The maximum atomic E-state index is 12.7. The minimum absolute atomic E-state index is 0.175. The van der Waals surface area contributed by atoms with Crippen molar-refractivity contribution in [1.29, 1.82) is 0 Å². The van der Waals surface area contributed by atoms with Crippen LogP contribution in [-0.2, 0) is 11.2 Å². The molecule has 134 valence electrons. The van der Waals surface area contributed by atoms with Crippen LogP contribution in [0.1, 0.15) is 43.4 Å². The Morgan fingerprint density at radius 2 is 1.92 bits per heavy atom. The van der Waals surface area contributed by atoms with E-state index in [1.54, 1.807) is 0 Å². The number of carbonyl (C=O) groups excluding carboxylic acids is 1. The molecule has 0 aliphatic carbocycles. The summed E-state index contributed by atoms with van der Waals surface area (Å²) in [7, 11) is 0. The van der Waals surface area contributed by atoms with E-state index in [9.17, 15) is 4.79 Å². The fourth-order valence-electron chi connectivity index (χ4n) is 4.25. The lowest BCUT2D eigenvalue weighted by Crippen LogP contribution is -2.48. The number of piperidine rings is 2. The monoisotopic (exact) mass is 341 g/mol. The Bertz CT molecular complexity index is 740. The highest BCUT2D eigenvalue weighted by atomic mass is 16.5. The molecule has 5 nitrogen and oxygen atoms in total. The predicted octanol–water partition coefficient (Wildman–Crippen LogP) is 3.16. The van der Waals surface area contributed by atoms with Gasteiger partial charge in [-0.05, 0) is 57.8 Å². The zero-order valence-electron chi connectivity index (χ0n) is 15.0. The van der Waals surface area contributed by atoms with Gasteiger partial charge >= 0.3 is 0 Å². The highest BCUT2D eigenvalue weighted by molar-refractivity contribution is 5.86. The molecule has 0 radical (unpaired) electrons. The summed E-state index contributed by atoms with van der Waals surface area (Å²) in [5.74, 6) is 0.175. The largest absolute Gasteiger partial charge is 0.356 e. The normalized spacial score (nSPS) is 20.3. The fraction of sp³-hybridized carbons (Fsp3) is 0.600. The molecule has 0 spiro atoms. The second-order valence-corrected chi connectivity index (χ2v) is 7.51. The van der Waals surface area contributed by atoms with Crippen LogP contribution in [0, 0.1) is 6.92 Å². The predicted molar refractivity (Wildman–Crippen MR) is 97.5 cm³/mol. The van der Waals surface area contributed by atoms with Crippen LogP contribution in [-0.4, -0.2) is 53.1 Å². The molecule has 4 rings (SSSR count). The van der Waals surface area contributed by atoms with Gasteiger partial charge in [0.1, 0.15) is 5.69 Å². The van der Waals surface area contributed by atoms with Crippen molar-refractivity contribution in [3.05, 3.63) is 29.5 Å². The third-order valence-corrected chi connectivity index (χ3v) is 5.74. The van der Waals surface area contributed by atoms with Gasteiger partial charge in [-0.1, -0.05) is 23.2 Å². The number of rotatable bonds is 3. The number of fused-ring (bicyclic) bond motifs is 1. The third-order valence-electron chi connectivity index (χ3n) is 5.74. The maximum Gasteiger partial charge on any atom is 0.228 e. The number of amides is 1. The molecule has 25 heavy (non-hydrogen) atoms. The maximum absolute atomic E-state index is 12.7. The minimum Gasteiger partial charge on any atom is -0.356 e. The highest BCUT2D eigenvalue weighted by Gasteiger charge is 2.28. The molecule has 2 aromatic rings. The molecule has 0 saturated carbocycles. The number of aryl methyl sites for hydroxylation is 1. The Balaban J connectivity index is 1.36. The van der Waals surface area contributed by atoms with Gasteiger partial charge in [-0.15, -0.1) is 0 Å². The van der Waals surface area contributed by atoms with Gasteiger partial charge in [0, 0.05) is 24.5 Å². The molecule has 2 fully saturated rings. The molecule has 2 aliphatic heterocycles. The molecular formula is C20H27N3O2. The molecule has 0 bridgehead atoms. The average molecular weight is 341 g/mol. The van der Waals surface area contributed by atoms with Crippen LogP contribution in [0.15, 0.2) is 22.7 Å². The Kier molecular flexibility index (Phi) is 4.75. The van der Waals surface area contributed by atoms with Crippen LogP contribution in [0.25, 0.3) is 11.0 Å². The number of carbonyl (C=O) groups is 1. The van der Waals surface area contributed by atoms with Crippen LogP contribution in [0.2, 0.25) is 0 Å². The van der Waals surface area contributed by atoms with Gasteiger partial charge in [0.25, 0.3) is 0 Å². The lowest BCUT2D eigenvalue weighted by atomic mass is 9.99. The molecule has 0 N–H and O–H groups in total. The van der Waals surface area contributed by atoms with Crippen LogP contribution in [0.4, 0.5) is 0 Å². The Labute approximate surface area is 148 Å². The van der Waals surface area contributed by atoms with Gasteiger partial charge in [0.05, 0.1) is 6.42 Å². The number of likely N-dealkylation sites (tertiary alicyclic amines) is 2. The van der Waals surface area contributed by atoms with Crippen molar-refractivity contribution in [2.24, 2.45) is 0 Å². The SMILES string of the molecule is Cc1ccc2onc(CC(=O)N3CCC(N4CCCCC4)CC3)c2c1. The topological polar surface area (TPSA) is 49.6 Å². The molecule has 1 aromatic heterocycles. The van der Waals surface area contributed by atoms with Gasteiger partial charge in [0.15, 0.2) is 5.58 Å². The van der Waals surface area contributed by atoms with Crippen molar-refractivity contribution in [2.45, 2.75) is 51.5 Å². The van der Waals surface area contributed by atoms with Crippen LogP contribution >= 0.6 is 0 Å². The van der Waals surface area contributed by atoms with Crippen LogP contribution < -0.4 is 0 Å². The van der Waals surface area contributed by atoms with Crippen molar-refractivity contribution in [3.8, 4) is 0 Å². The summed E-state index contributed by atoms with van der Waals surface area (Å²) in [4.78, 5) is 17.4. The van der Waals surface area contributed by atoms with Crippen molar-refractivity contribution in [1.82, 2.24) is 15.0 Å². The molecule has 2 saturated heterocycles. The molecule has 5 heteroatoms. The molecule has 1 amide bonds. The van der Waals surface area contributed by atoms with E-state index in [-0.39, 0.29) is 5.91 Å². The second kappa shape index (κ2) is 7.16. The average Bonchev–Trinajstić information content (AvgIpc) is 3.04. The van der Waals surface area contributed by atoms with Crippen LogP contribution in [0.5, 0.6) is 0 Å². The zero-order chi connectivity index (χ0) is 17.2. The summed E-state index contributed by atoms with van der Waals surface area (Å²) in [6, 6.07) is 6.65. The first-order chi connectivity index (χ1) is 12.2. The summed E-state index contributed by atoms with van der Waals surface area (Å²) >= 11 is 0. The second-order valence-electron chi connectivity index (χ2n) is 7.51. The van der Waals surface area contributed by atoms with Crippen molar-refractivity contribution < 1.29 is 9.32 Å². The number of aromatic nitrogens is 1. The summed E-state index contributed by atoms with van der Waals surface area (Å²) in [6.07, 6.45) is 6.58. The molecule has 0 unspecified atom stereocenters. The smallest absolute Gasteiger partial charge is 0.228 e. The third kappa shape index (κ3) is 3.56. The van der Waals surface area contributed by atoms with E-state index in [0.717, 1.165) is 48.2 Å². The Hall–Kier alpha value is -1.88. The lowest BCUT2D eigenvalue weighted by molar-refractivity contribution is -0.132. The molecule has 3 heterocycles. The number of benzene rings is 1. The Morgan fingerprint density at radius 1 is 1.16 bits per heavy atom. The van der Waals surface area contributed by atoms with Gasteiger partial charge in [-0.3, -0.25) is 4.79 Å². The van der Waals surface area contributed by atoms with Gasteiger partial charge in [0.2, 0.25) is 5.91 Å². The standard InChI is InChI=1S/C20H27N3O2/c1-15-5-6-19-17(13-15)18(21-25-19)14-20(24)23-11-7-16(8-12-23)22-9-3-2-4-10-22/h5-6,13,16H,2-4,7-12,14H2,1H3. The lowest BCUT2D eigenvalue weighted by Gasteiger charge is -2.40. The number of nitrogens with zero attached hydrogens (tertiary/aromatic N) is 3. The zero-order valence-corrected chi connectivity index (χ0v) is 15.0. The Morgan fingerprint density at radius 3 is 2.68 bits per heavy atom. The van der Waals surface area contributed by atoms with E-state index in [1.807, 2.05) is 24.0 Å². The van der Waals surface area contributed by atoms with Crippen molar-refractivity contribution in [3.63, 3.8) is 0 Å².